The van der Waals surface area contributed by atoms with Crippen molar-refractivity contribution in [3.05, 3.63) is 34.5 Å². The van der Waals surface area contributed by atoms with E-state index >= 15 is 0 Å². The quantitative estimate of drug-likeness (QED) is 0.904. The molecule has 0 atom stereocenters. The first-order valence-electron chi connectivity index (χ1n) is 7.23. The maximum atomic E-state index is 11.4. The van der Waals surface area contributed by atoms with Crippen LogP contribution in [0.3, 0.4) is 0 Å². The van der Waals surface area contributed by atoms with Gasteiger partial charge in [-0.15, -0.1) is 0 Å². The van der Waals surface area contributed by atoms with E-state index in [4.69, 9.17) is 0 Å². The van der Waals surface area contributed by atoms with Crippen LogP contribution in [0.1, 0.15) is 60.3 Å². The van der Waals surface area contributed by atoms with Gasteiger partial charge >= 0.3 is 5.97 Å². The Balaban J connectivity index is 2.89. The zero-order valence-corrected chi connectivity index (χ0v) is 12.9. The molecule has 0 unspecified atom stereocenters. The summed E-state index contributed by atoms with van der Waals surface area (Å²) in [7, 11) is 2.07. The Morgan fingerprint density at radius 2 is 2.00 bits per heavy atom. The largest absolute Gasteiger partial charge is 0.478 e. The Morgan fingerprint density at radius 1 is 1.35 bits per heavy atom. The molecule has 2 aromatic rings. The summed E-state index contributed by atoms with van der Waals surface area (Å²) in [5, 5.41) is 10.4. The molecule has 0 bridgehead atoms. The van der Waals surface area contributed by atoms with Crippen LogP contribution in [0, 0.1) is 6.92 Å². The number of carbonyl (C=O) groups is 1. The molecular formula is C17H23NO2. The third-order valence-corrected chi connectivity index (χ3v) is 4.11. The number of aromatic carboxylic acids is 1. The molecule has 108 valence electrons. The average Bonchev–Trinajstić information content (AvgIpc) is 2.63. The first-order chi connectivity index (χ1) is 9.38. The molecule has 3 heteroatoms. The van der Waals surface area contributed by atoms with Crippen LogP contribution in [-0.2, 0) is 13.5 Å². The highest BCUT2D eigenvalue weighted by Gasteiger charge is 2.19. The Hall–Kier alpha value is -1.77. The molecule has 1 N–H and O–H groups in total. The van der Waals surface area contributed by atoms with Gasteiger partial charge in [0.25, 0.3) is 0 Å². The van der Waals surface area contributed by atoms with E-state index < -0.39 is 5.97 Å². The monoisotopic (exact) mass is 273 g/mol. The number of fused-ring (bicyclic) bond motifs is 1. The fourth-order valence-electron chi connectivity index (χ4n) is 2.96. The molecule has 0 spiro atoms. The summed E-state index contributed by atoms with van der Waals surface area (Å²) in [6.45, 7) is 8.50. The van der Waals surface area contributed by atoms with E-state index in [1.54, 1.807) is 0 Å². The van der Waals surface area contributed by atoms with E-state index in [9.17, 15) is 9.90 Å². The highest BCUT2D eigenvalue weighted by molar-refractivity contribution is 5.97. The van der Waals surface area contributed by atoms with Crippen LogP contribution in [0.25, 0.3) is 10.9 Å². The lowest BCUT2D eigenvalue weighted by Gasteiger charge is -2.11. The molecule has 0 radical (unpaired) electrons. The SMILES string of the molecule is CCCc1c(C)n(C)c2c(C(C)C)cc(C(=O)O)cc12. The second-order valence-electron chi connectivity index (χ2n) is 5.79. The summed E-state index contributed by atoms with van der Waals surface area (Å²) in [6.07, 6.45) is 2.05. The van der Waals surface area contributed by atoms with Gasteiger partial charge in [0.1, 0.15) is 0 Å². The minimum atomic E-state index is -0.849. The zero-order chi connectivity index (χ0) is 15.0. The van der Waals surface area contributed by atoms with Crippen molar-refractivity contribution in [1.82, 2.24) is 4.57 Å². The highest BCUT2D eigenvalue weighted by Crippen LogP contribution is 2.33. The van der Waals surface area contributed by atoms with Crippen molar-refractivity contribution in [3.8, 4) is 0 Å². The number of hydrogen-bond acceptors (Lipinski definition) is 1. The molecule has 3 nitrogen and oxygen atoms in total. The van der Waals surface area contributed by atoms with E-state index in [-0.39, 0.29) is 0 Å². The second-order valence-corrected chi connectivity index (χ2v) is 5.79. The number of carboxylic acids is 1. The van der Waals surface area contributed by atoms with Crippen molar-refractivity contribution in [1.29, 1.82) is 0 Å². The van der Waals surface area contributed by atoms with Crippen molar-refractivity contribution >= 4 is 16.9 Å². The van der Waals surface area contributed by atoms with E-state index in [2.05, 4.69) is 39.3 Å². The van der Waals surface area contributed by atoms with Crippen LogP contribution < -0.4 is 0 Å². The number of benzene rings is 1. The number of hydrogen-bond donors (Lipinski definition) is 1. The molecule has 0 fully saturated rings. The van der Waals surface area contributed by atoms with Gasteiger partial charge in [0.2, 0.25) is 0 Å². The Labute approximate surface area is 120 Å². The molecule has 0 amide bonds. The van der Waals surface area contributed by atoms with Gasteiger partial charge in [-0.1, -0.05) is 27.2 Å². The Kier molecular flexibility index (Phi) is 3.89. The average molecular weight is 273 g/mol. The lowest BCUT2D eigenvalue weighted by Crippen LogP contribution is -2.01. The third-order valence-electron chi connectivity index (χ3n) is 4.11. The molecule has 1 aromatic carbocycles. The van der Waals surface area contributed by atoms with Gasteiger partial charge < -0.3 is 9.67 Å². The zero-order valence-electron chi connectivity index (χ0n) is 12.9. The van der Waals surface area contributed by atoms with Crippen LogP contribution in [-0.4, -0.2) is 15.6 Å². The summed E-state index contributed by atoms with van der Waals surface area (Å²) in [5.74, 6) is -0.544. The van der Waals surface area contributed by atoms with Crippen molar-refractivity contribution in [2.24, 2.45) is 7.05 Å². The van der Waals surface area contributed by atoms with E-state index in [0.717, 1.165) is 23.8 Å². The maximum absolute atomic E-state index is 11.4. The molecule has 2 rings (SSSR count). The van der Waals surface area contributed by atoms with Gasteiger partial charge in [-0.3, -0.25) is 0 Å². The van der Waals surface area contributed by atoms with E-state index in [1.807, 2.05) is 12.1 Å². The Bertz CT molecular complexity index is 665. The molecular weight excluding hydrogens is 250 g/mol. The van der Waals surface area contributed by atoms with Crippen LogP contribution >= 0.6 is 0 Å². The number of carboxylic acid groups (broad SMARTS) is 1. The fraction of sp³-hybridized carbons (Fsp3) is 0.471. The molecule has 0 saturated carbocycles. The maximum Gasteiger partial charge on any atom is 0.335 e. The summed E-state index contributed by atoms with van der Waals surface area (Å²) in [5.41, 5.74) is 5.23. The summed E-state index contributed by atoms with van der Waals surface area (Å²) >= 11 is 0. The summed E-state index contributed by atoms with van der Waals surface area (Å²) in [4.78, 5) is 11.4. The number of aryl methyl sites for hydroxylation is 2. The second kappa shape index (κ2) is 5.31. The van der Waals surface area contributed by atoms with Crippen molar-refractivity contribution < 1.29 is 9.90 Å². The van der Waals surface area contributed by atoms with Gasteiger partial charge in [0.05, 0.1) is 11.1 Å². The minimum absolute atomic E-state index is 0.305. The first-order valence-corrected chi connectivity index (χ1v) is 7.23. The van der Waals surface area contributed by atoms with Gasteiger partial charge in [-0.05, 0) is 42.5 Å². The standard InChI is InChI=1S/C17H23NO2/c1-6-7-13-11(4)18(5)16-14(10(2)3)8-12(17(19)20)9-15(13)16/h8-10H,6-7H2,1-5H3,(H,19,20). The van der Waals surface area contributed by atoms with Gasteiger partial charge in [-0.2, -0.15) is 0 Å². The number of nitrogens with zero attached hydrogens (tertiary/aromatic N) is 1. The van der Waals surface area contributed by atoms with Gasteiger partial charge in [-0.25, -0.2) is 4.79 Å². The van der Waals surface area contributed by atoms with E-state index in [0.29, 0.717) is 11.5 Å². The molecule has 1 aromatic heterocycles. The van der Waals surface area contributed by atoms with Crippen LogP contribution in [0.4, 0.5) is 0 Å². The Morgan fingerprint density at radius 3 is 2.50 bits per heavy atom. The third kappa shape index (κ3) is 2.21. The molecule has 1 heterocycles. The molecule has 0 aliphatic carbocycles. The first kappa shape index (κ1) is 14.6. The molecule has 20 heavy (non-hydrogen) atoms. The summed E-state index contributed by atoms with van der Waals surface area (Å²) < 4.78 is 2.21. The number of aromatic nitrogens is 1. The predicted molar refractivity (Wildman–Crippen MR) is 82.7 cm³/mol. The molecule has 0 saturated heterocycles. The lowest BCUT2D eigenvalue weighted by molar-refractivity contribution is 0.0697. The van der Waals surface area contributed by atoms with Gasteiger partial charge in [0, 0.05) is 18.1 Å². The van der Waals surface area contributed by atoms with Crippen molar-refractivity contribution in [2.45, 2.75) is 46.5 Å². The van der Waals surface area contributed by atoms with Crippen molar-refractivity contribution in [3.63, 3.8) is 0 Å². The summed E-state index contributed by atoms with van der Waals surface area (Å²) in [6, 6.07) is 3.66. The van der Waals surface area contributed by atoms with Crippen LogP contribution in [0.5, 0.6) is 0 Å². The topological polar surface area (TPSA) is 42.2 Å². The fourth-order valence-corrected chi connectivity index (χ4v) is 2.96. The minimum Gasteiger partial charge on any atom is -0.478 e. The predicted octanol–water partition coefficient (Wildman–Crippen LogP) is 4.26. The smallest absolute Gasteiger partial charge is 0.335 e. The van der Waals surface area contributed by atoms with Gasteiger partial charge in [0.15, 0.2) is 0 Å². The lowest BCUT2D eigenvalue weighted by atomic mass is 9.95. The highest BCUT2D eigenvalue weighted by atomic mass is 16.4. The van der Waals surface area contributed by atoms with Crippen LogP contribution in [0.15, 0.2) is 12.1 Å². The van der Waals surface area contributed by atoms with E-state index in [1.165, 1.54) is 16.8 Å². The molecule has 0 aliphatic heterocycles. The van der Waals surface area contributed by atoms with Crippen LogP contribution in [0.2, 0.25) is 0 Å². The normalized spacial score (nSPS) is 11.5. The van der Waals surface area contributed by atoms with Crippen molar-refractivity contribution in [2.75, 3.05) is 0 Å². The number of rotatable bonds is 4. The molecule has 0 aliphatic rings.